The highest BCUT2D eigenvalue weighted by atomic mass is 32.2. The molecule has 0 aliphatic carbocycles. The van der Waals surface area contributed by atoms with Crippen LogP contribution >= 0.6 is 0 Å². The van der Waals surface area contributed by atoms with Crippen molar-refractivity contribution in [2.75, 3.05) is 26.3 Å². The van der Waals surface area contributed by atoms with E-state index in [1.807, 2.05) is 68.4 Å². The fourth-order valence-corrected chi connectivity index (χ4v) is 7.53. The molecule has 3 aromatic carbocycles. The minimum absolute atomic E-state index is 0.00484. The number of alkyl carbamates (subject to hydrolysis) is 1. The van der Waals surface area contributed by atoms with E-state index in [1.165, 1.54) is 22.5 Å². The summed E-state index contributed by atoms with van der Waals surface area (Å²) in [7, 11) is -4.06. The van der Waals surface area contributed by atoms with Gasteiger partial charge in [0.05, 0.1) is 36.2 Å². The third-order valence-corrected chi connectivity index (χ3v) is 10.2. The molecule has 1 amide bonds. The van der Waals surface area contributed by atoms with Gasteiger partial charge in [-0.2, -0.15) is 4.31 Å². The van der Waals surface area contributed by atoms with Gasteiger partial charge in [0.15, 0.2) is 6.29 Å². The van der Waals surface area contributed by atoms with Gasteiger partial charge in [-0.3, -0.25) is 0 Å². The topological polar surface area (TPSA) is 144 Å². The van der Waals surface area contributed by atoms with E-state index in [1.54, 1.807) is 6.92 Å². The second kappa shape index (κ2) is 15.5. The molecule has 2 aliphatic rings. The van der Waals surface area contributed by atoms with E-state index in [9.17, 15) is 23.4 Å². The Morgan fingerprint density at radius 1 is 1.02 bits per heavy atom. The lowest BCUT2D eigenvalue weighted by molar-refractivity contribution is -0.0907. The average Bonchev–Trinajstić information content (AvgIpc) is 3.67. The number of hydrogen-bond acceptors (Lipinski definition) is 9. The smallest absolute Gasteiger partial charge is 0.407 e. The SMILES string of the molecule is Cc1cc(S(=O)(=O)N(CC(C)C)CC(O)C(Cc2ccc(OCc3ccccc3)cc2)NC(=O)OC2COC3OCCC23)ccc1O. The maximum atomic E-state index is 13.8. The van der Waals surface area contributed by atoms with E-state index < -0.39 is 40.7 Å². The minimum atomic E-state index is -4.06. The lowest BCUT2D eigenvalue weighted by Crippen LogP contribution is -2.51. The van der Waals surface area contributed by atoms with Gasteiger partial charge in [0.25, 0.3) is 0 Å². The number of ether oxygens (including phenoxy) is 4. The van der Waals surface area contributed by atoms with Crippen molar-refractivity contribution in [1.82, 2.24) is 9.62 Å². The largest absolute Gasteiger partial charge is 0.508 e. The molecule has 12 heteroatoms. The molecule has 254 valence electrons. The summed E-state index contributed by atoms with van der Waals surface area (Å²) >= 11 is 0. The zero-order valence-corrected chi connectivity index (χ0v) is 27.8. The van der Waals surface area contributed by atoms with Gasteiger partial charge < -0.3 is 34.5 Å². The first kappa shape index (κ1) is 34.6. The van der Waals surface area contributed by atoms with E-state index in [2.05, 4.69) is 5.32 Å². The van der Waals surface area contributed by atoms with Crippen LogP contribution in [0.2, 0.25) is 0 Å². The summed E-state index contributed by atoms with van der Waals surface area (Å²) in [5.41, 5.74) is 2.25. The van der Waals surface area contributed by atoms with Crippen LogP contribution in [0.1, 0.15) is 37.0 Å². The number of aliphatic hydroxyl groups excluding tert-OH is 1. The molecule has 2 heterocycles. The molecule has 5 rings (SSSR count). The summed E-state index contributed by atoms with van der Waals surface area (Å²) in [6, 6.07) is 20.3. The molecule has 0 bridgehead atoms. The van der Waals surface area contributed by atoms with Crippen molar-refractivity contribution in [1.29, 1.82) is 0 Å². The van der Waals surface area contributed by atoms with Gasteiger partial charge in [-0.15, -0.1) is 0 Å². The number of nitrogens with one attached hydrogen (secondary N) is 1. The number of aliphatic hydroxyl groups is 1. The number of aromatic hydroxyl groups is 1. The van der Waals surface area contributed by atoms with Gasteiger partial charge in [-0.05, 0) is 72.7 Å². The van der Waals surface area contributed by atoms with Crippen molar-refractivity contribution in [2.45, 2.75) is 69.7 Å². The summed E-state index contributed by atoms with van der Waals surface area (Å²) in [5, 5.41) is 24.4. The highest BCUT2D eigenvalue weighted by Crippen LogP contribution is 2.33. The first-order valence-corrected chi connectivity index (χ1v) is 17.4. The van der Waals surface area contributed by atoms with Crippen molar-refractivity contribution >= 4 is 16.1 Å². The van der Waals surface area contributed by atoms with Crippen molar-refractivity contribution in [3.8, 4) is 11.5 Å². The van der Waals surface area contributed by atoms with Crippen molar-refractivity contribution in [2.24, 2.45) is 11.8 Å². The fourth-order valence-electron chi connectivity index (χ4n) is 5.82. The van der Waals surface area contributed by atoms with Crippen LogP contribution in [0, 0.1) is 18.8 Å². The zero-order valence-electron chi connectivity index (χ0n) is 26.9. The lowest BCUT2D eigenvalue weighted by atomic mass is 10.0. The van der Waals surface area contributed by atoms with Gasteiger partial charge in [0, 0.05) is 13.1 Å². The predicted octanol–water partition coefficient (Wildman–Crippen LogP) is 4.39. The Bertz CT molecular complexity index is 1580. The quantitative estimate of drug-likeness (QED) is 0.228. The molecule has 0 radical (unpaired) electrons. The summed E-state index contributed by atoms with van der Waals surface area (Å²) < 4.78 is 51.6. The first-order valence-electron chi connectivity index (χ1n) is 15.9. The number of carbonyl (C=O) groups excluding carboxylic acids is 1. The third kappa shape index (κ3) is 9.02. The predicted molar refractivity (Wildman–Crippen MR) is 174 cm³/mol. The molecule has 47 heavy (non-hydrogen) atoms. The molecule has 0 spiro atoms. The van der Waals surface area contributed by atoms with Crippen LogP contribution in [0.4, 0.5) is 4.79 Å². The Morgan fingerprint density at radius 3 is 2.47 bits per heavy atom. The van der Waals surface area contributed by atoms with Crippen LogP contribution in [0.3, 0.4) is 0 Å². The van der Waals surface area contributed by atoms with E-state index in [0.717, 1.165) is 11.1 Å². The van der Waals surface area contributed by atoms with Crippen LogP contribution in [0.5, 0.6) is 11.5 Å². The Hall–Kier alpha value is -3.68. The summed E-state index contributed by atoms with van der Waals surface area (Å²) in [6.07, 6.45) is -2.01. The number of aryl methyl sites for hydroxylation is 1. The van der Waals surface area contributed by atoms with Gasteiger partial charge in [-0.25, -0.2) is 13.2 Å². The molecular weight excluding hydrogens is 624 g/mol. The van der Waals surface area contributed by atoms with E-state index in [0.29, 0.717) is 30.9 Å². The van der Waals surface area contributed by atoms with E-state index >= 15 is 0 Å². The summed E-state index contributed by atoms with van der Waals surface area (Å²) in [4.78, 5) is 13.2. The maximum Gasteiger partial charge on any atom is 0.407 e. The highest BCUT2D eigenvalue weighted by Gasteiger charge is 2.44. The number of rotatable bonds is 14. The van der Waals surface area contributed by atoms with Crippen molar-refractivity contribution in [3.63, 3.8) is 0 Å². The van der Waals surface area contributed by atoms with Crippen LogP contribution < -0.4 is 10.1 Å². The van der Waals surface area contributed by atoms with Crippen molar-refractivity contribution in [3.05, 3.63) is 89.5 Å². The molecular formula is C35H44N2O9S. The third-order valence-electron chi connectivity index (χ3n) is 8.40. The lowest BCUT2D eigenvalue weighted by Gasteiger charge is -2.31. The number of benzene rings is 3. The van der Waals surface area contributed by atoms with Crippen molar-refractivity contribution < 1.29 is 42.4 Å². The number of nitrogens with zero attached hydrogens (tertiary/aromatic N) is 1. The van der Waals surface area contributed by atoms with E-state index in [-0.39, 0.29) is 48.6 Å². The number of amides is 1. The maximum absolute atomic E-state index is 13.8. The molecule has 3 aromatic rings. The van der Waals surface area contributed by atoms with Crippen LogP contribution in [0.25, 0.3) is 0 Å². The second-order valence-electron chi connectivity index (χ2n) is 12.6. The molecule has 3 N–H and O–H groups in total. The first-order chi connectivity index (χ1) is 22.5. The van der Waals surface area contributed by atoms with Crippen LogP contribution in [0.15, 0.2) is 77.7 Å². The standard InChI is InChI=1S/C35H44N2O9S/c1-23(2)19-37(47(41,42)28-13-14-31(38)24(3)17-28)20-32(39)30(36-35(40)46-33-22-45-34-29(33)15-16-43-34)18-25-9-11-27(12-10-25)44-21-26-7-5-4-6-8-26/h4-14,17,23,29-30,32-34,38-39H,15-16,18-22H2,1-3H3,(H,36,40). The molecule has 11 nitrogen and oxygen atoms in total. The summed E-state index contributed by atoms with van der Waals surface area (Å²) in [6.45, 7) is 6.39. The molecule has 2 saturated heterocycles. The monoisotopic (exact) mass is 668 g/mol. The number of sulfonamides is 1. The number of phenols is 1. The molecule has 5 unspecified atom stereocenters. The zero-order chi connectivity index (χ0) is 33.6. The Morgan fingerprint density at radius 2 is 1.77 bits per heavy atom. The van der Waals surface area contributed by atoms with Crippen LogP contribution in [-0.2, 0) is 37.3 Å². The summed E-state index contributed by atoms with van der Waals surface area (Å²) in [5.74, 6) is 0.531. The van der Waals surface area contributed by atoms with Gasteiger partial charge >= 0.3 is 6.09 Å². The van der Waals surface area contributed by atoms with Gasteiger partial charge in [0.1, 0.15) is 24.2 Å². The average molecular weight is 669 g/mol. The second-order valence-corrected chi connectivity index (χ2v) is 14.5. The number of hydrogen-bond donors (Lipinski definition) is 3. The molecule has 2 aliphatic heterocycles. The molecule has 0 aromatic heterocycles. The Kier molecular flexibility index (Phi) is 11.4. The highest BCUT2D eigenvalue weighted by molar-refractivity contribution is 7.89. The molecule has 2 fully saturated rings. The Balaban J connectivity index is 1.32. The Labute approximate surface area is 276 Å². The van der Waals surface area contributed by atoms with Crippen LogP contribution in [-0.4, -0.2) is 79.9 Å². The number of phenolic OH excluding ortho intramolecular Hbond substituents is 1. The fraction of sp³-hybridized carbons (Fsp3) is 0.457. The van der Waals surface area contributed by atoms with Gasteiger partial charge in [0.2, 0.25) is 10.0 Å². The molecule has 0 saturated carbocycles. The minimum Gasteiger partial charge on any atom is -0.508 e. The van der Waals surface area contributed by atoms with Gasteiger partial charge in [-0.1, -0.05) is 56.3 Å². The van der Waals surface area contributed by atoms with E-state index in [4.69, 9.17) is 18.9 Å². The normalized spacial score (nSPS) is 20.6. The number of carbonyl (C=O) groups is 1. The molecule has 5 atom stereocenters. The number of fused-ring (bicyclic) bond motifs is 1.